The Morgan fingerprint density at radius 2 is 1.89 bits per heavy atom. The van der Waals surface area contributed by atoms with Crippen molar-refractivity contribution >= 4 is 59.0 Å². The van der Waals surface area contributed by atoms with Gasteiger partial charge in [-0.25, -0.2) is 13.8 Å². The number of fused-ring (bicyclic) bond motifs is 1. The molecular weight excluding hydrogens is 604 g/mol. The molecule has 2 heterocycles. The van der Waals surface area contributed by atoms with Crippen LogP contribution in [-0.2, 0) is 4.79 Å². The fourth-order valence-electron chi connectivity index (χ4n) is 5.29. The molecule has 11 heteroatoms. The minimum atomic E-state index is -0.799. The van der Waals surface area contributed by atoms with Crippen molar-refractivity contribution in [3.63, 3.8) is 0 Å². The van der Waals surface area contributed by atoms with Gasteiger partial charge in [-0.05, 0) is 74.6 Å². The number of nitrogens with one attached hydrogen (secondary N) is 1. The van der Waals surface area contributed by atoms with Gasteiger partial charge in [-0.2, -0.15) is 0 Å². The molecule has 44 heavy (non-hydrogen) atoms. The summed E-state index contributed by atoms with van der Waals surface area (Å²) in [5.41, 5.74) is 10.7. The van der Waals surface area contributed by atoms with Crippen LogP contribution in [0.15, 0.2) is 43.0 Å². The molecule has 0 bridgehead atoms. The van der Waals surface area contributed by atoms with E-state index in [4.69, 9.17) is 37.7 Å². The number of carbonyl (C=O) groups is 1. The summed E-state index contributed by atoms with van der Waals surface area (Å²) in [5.74, 6) is -0.459. The number of nitrogens with zero attached hydrogens (tertiary/aromatic N) is 2. The highest BCUT2D eigenvalue weighted by Gasteiger charge is 2.34. The highest BCUT2D eigenvalue weighted by molar-refractivity contribution is 6.55. The summed E-state index contributed by atoms with van der Waals surface area (Å²) >= 11 is 12.2. The molecule has 1 fully saturated rings. The number of carbonyl (C=O) groups excluding carboxylic acids is 1. The Kier molecular flexibility index (Phi) is 10.9. The number of hydrogen-bond acceptors (Lipinski definition) is 5. The van der Waals surface area contributed by atoms with Gasteiger partial charge in [-0.1, -0.05) is 54.1 Å². The molecule has 1 aliphatic carbocycles. The van der Waals surface area contributed by atoms with Crippen molar-refractivity contribution < 1.29 is 18.3 Å². The molecule has 1 saturated carbocycles. The van der Waals surface area contributed by atoms with Crippen molar-refractivity contribution in [3.8, 4) is 17.0 Å². The predicted octanol–water partition coefficient (Wildman–Crippen LogP) is 7.13. The maximum absolute atomic E-state index is 15.2. The molecule has 4 aromatic rings. The van der Waals surface area contributed by atoms with Gasteiger partial charge in [-0.15, -0.1) is 0 Å². The van der Waals surface area contributed by atoms with E-state index < -0.39 is 16.7 Å². The Balaban J connectivity index is 0.00000141. The molecule has 1 unspecified atom stereocenters. The number of rotatable bonds is 10. The van der Waals surface area contributed by atoms with Crippen LogP contribution in [0.3, 0.4) is 0 Å². The van der Waals surface area contributed by atoms with Crippen molar-refractivity contribution in [2.24, 2.45) is 11.7 Å². The Hall–Kier alpha value is -3.69. The number of hydrogen-bond donors (Lipinski definition) is 2. The third-order valence-corrected chi connectivity index (χ3v) is 8.40. The average molecular weight is 638 g/mol. The van der Waals surface area contributed by atoms with Gasteiger partial charge in [0.15, 0.2) is 13.1 Å². The zero-order valence-electron chi connectivity index (χ0n) is 25.1. The maximum atomic E-state index is 15.2. The largest absolute Gasteiger partial charge is 0.494 e. The van der Waals surface area contributed by atoms with Crippen molar-refractivity contribution in [3.05, 3.63) is 87.2 Å². The number of aromatic nitrogens is 2. The lowest BCUT2D eigenvalue weighted by Crippen LogP contribution is -2.26. The van der Waals surface area contributed by atoms with Crippen LogP contribution in [0.2, 0.25) is 16.5 Å². The van der Waals surface area contributed by atoms with Crippen LogP contribution in [0.1, 0.15) is 48.1 Å². The summed E-state index contributed by atoms with van der Waals surface area (Å²) in [6.07, 6.45) is 3.17. The minimum absolute atomic E-state index is 0.0731. The fourth-order valence-corrected chi connectivity index (χ4v) is 5.59. The van der Waals surface area contributed by atoms with E-state index in [1.807, 2.05) is 46.2 Å². The summed E-state index contributed by atoms with van der Waals surface area (Å²) in [5, 5.41) is 4.35. The topological polar surface area (TPSA) is 90.1 Å². The Labute approximate surface area is 267 Å². The van der Waals surface area contributed by atoms with Crippen molar-refractivity contribution in [2.75, 3.05) is 13.7 Å². The van der Waals surface area contributed by atoms with E-state index in [1.54, 1.807) is 7.11 Å². The molecule has 2 aromatic carbocycles. The smallest absolute Gasteiger partial charge is 0.204 e. The Morgan fingerprint density at radius 3 is 2.52 bits per heavy atom. The van der Waals surface area contributed by atoms with Crippen LogP contribution in [0, 0.1) is 31.4 Å². The Morgan fingerprint density at radius 1 is 1.18 bits per heavy atom. The van der Waals surface area contributed by atoms with Crippen LogP contribution >= 0.6 is 23.2 Å². The summed E-state index contributed by atoms with van der Waals surface area (Å²) in [6, 6.07) is 10.6. The molecule has 1 atom stereocenters. The predicted molar refractivity (Wildman–Crippen MR) is 176 cm³/mol. The SMILES string of the molecule is C=C(NCC(c1cc(C)c([B]CC)c(-c2ccc(F)c(Cl)c2F)n1)C1CC1)c1cc(OC)c2nc(Cl)c(C)cc2c1.NC=O. The quantitative estimate of drug-likeness (QED) is 0.0836. The van der Waals surface area contributed by atoms with Gasteiger partial charge < -0.3 is 15.8 Å². The second-order valence-electron chi connectivity index (χ2n) is 10.7. The number of halogens is 4. The van der Waals surface area contributed by atoms with E-state index in [0.29, 0.717) is 34.6 Å². The van der Waals surface area contributed by atoms with Crippen LogP contribution in [-0.4, -0.2) is 37.3 Å². The number of methoxy groups -OCH3 is 1. The first-order valence-corrected chi connectivity index (χ1v) is 15.0. The number of primary amides is 1. The lowest BCUT2D eigenvalue weighted by molar-refractivity contribution is -0.106. The summed E-state index contributed by atoms with van der Waals surface area (Å²) in [7, 11) is 3.62. The molecule has 229 valence electrons. The zero-order valence-corrected chi connectivity index (χ0v) is 26.6. The lowest BCUT2D eigenvalue weighted by atomic mass is 9.64. The molecular formula is C33H34BCl2F2N4O2. The number of benzene rings is 2. The van der Waals surface area contributed by atoms with E-state index in [-0.39, 0.29) is 17.9 Å². The standard InChI is InChI=1S/C32H31BCl2F2N3O.CH3NO/c1-6-33-27-16(2)12-25(39-31(27)22-9-10-24(36)28(34)29(22)37)23(19-7-8-19)15-38-18(4)20-13-21-11-17(3)32(35)40-30(21)26(14-20)41-5;2-1-3/h9-14,19,23,38H,4,6-8,15H2,1-3,5H3;1H,(H2,2,3). The first kappa shape index (κ1) is 33.2. The monoisotopic (exact) mass is 637 g/mol. The van der Waals surface area contributed by atoms with Gasteiger partial charge in [-0.3, -0.25) is 9.78 Å². The molecule has 0 aliphatic heterocycles. The van der Waals surface area contributed by atoms with Gasteiger partial charge in [0.05, 0.1) is 12.8 Å². The Bertz CT molecular complexity index is 1720. The lowest BCUT2D eigenvalue weighted by Gasteiger charge is -2.22. The first-order valence-electron chi connectivity index (χ1n) is 14.3. The molecule has 0 spiro atoms. The summed E-state index contributed by atoms with van der Waals surface area (Å²) < 4.78 is 34.8. The maximum Gasteiger partial charge on any atom is 0.204 e. The highest BCUT2D eigenvalue weighted by atomic mass is 35.5. The average Bonchev–Trinajstić information content (AvgIpc) is 3.83. The number of aryl methyl sites for hydroxylation is 2. The van der Waals surface area contributed by atoms with Crippen molar-refractivity contribution in [1.82, 2.24) is 15.3 Å². The second kappa shape index (κ2) is 14.4. The molecule has 5 rings (SSSR count). The van der Waals surface area contributed by atoms with Gasteiger partial charge in [0.2, 0.25) is 6.41 Å². The van der Waals surface area contributed by atoms with E-state index in [2.05, 4.69) is 28.7 Å². The summed E-state index contributed by atoms with van der Waals surface area (Å²) in [4.78, 5) is 18.1. The van der Waals surface area contributed by atoms with Crippen LogP contribution < -0.4 is 21.3 Å². The van der Waals surface area contributed by atoms with Gasteiger partial charge in [0, 0.05) is 40.4 Å². The van der Waals surface area contributed by atoms with Crippen LogP contribution in [0.4, 0.5) is 8.78 Å². The second-order valence-corrected chi connectivity index (χ2v) is 11.5. The molecule has 0 saturated heterocycles. The molecule has 6 nitrogen and oxygen atoms in total. The molecule has 3 N–H and O–H groups in total. The van der Waals surface area contributed by atoms with Crippen LogP contribution in [0.5, 0.6) is 5.75 Å². The van der Waals surface area contributed by atoms with Gasteiger partial charge >= 0.3 is 0 Å². The fraction of sp³-hybridized carbons (Fsp3) is 0.303. The number of ether oxygens (including phenoxy) is 1. The van der Waals surface area contributed by atoms with Gasteiger partial charge in [0.25, 0.3) is 0 Å². The molecule has 2 aromatic heterocycles. The molecule has 1 radical (unpaired) electrons. The molecule has 1 amide bonds. The van der Waals surface area contributed by atoms with E-state index in [0.717, 1.165) is 58.1 Å². The van der Waals surface area contributed by atoms with Crippen LogP contribution in [0.25, 0.3) is 27.9 Å². The third kappa shape index (κ3) is 7.16. The number of nitrogens with two attached hydrogens (primary N) is 1. The van der Waals surface area contributed by atoms with Gasteiger partial charge in [0.1, 0.15) is 27.3 Å². The normalized spacial score (nSPS) is 13.1. The number of pyridine rings is 2. The van der Waals surface area contributed by atoms with Crippen molar-refractivity contribution in [1.29, 1.82) is 0 Å². The van der Waals surface area contributed by atoms with E-state index >= 15 is 4.39 Å². The zero-order chi connectivity index (χ0) is 32.1. The highest BCUT2D eigenvalue weighted by Crippen LogP contribution is 2.43. The summed E-state index contributed by atoms with van der Waals surface area (Å²) in [6.45, 7) is 10.8. The molecule has 1 aliphatic rings. The van der Waals surface area contributed by atoms with E-state index in [9.17, 15) is 4.39 Å². The van der Waals surface area contributed by atoms with E-state index in [1.165, 1.54) is 12.1 Å². The number of amides is 1. The minimum Gasteiger partial charge on any atom is -0.494 e. The van der Waals surface area contributed by atoms with Crippen molar-refractivity contribution in [2.45, 2.75) is 45.9 Å². The third-order valence-electron chi connectivity index (χ3n) is 7.67. The first-order chi connectivity index (χ1) is 21.0.